The molecule has 0 saturated carbocycles. The number of hydrogen-bond acceptors (Lipinski definition) is 20. The number of nitrogens with one attached hydrogen (secondary N) is 6. The summed E-state index contributed by atoms with van der Waals surface area (Å²) >= 11 is 11.1. The van der Waals surface area contributed by atoms with E-state index in [4.69, 9.17) is 49.7 Å². The maximum absolute atomic E-state index is 12.9. The highest BCUT2D eigenvalue weighted by Gasteiger charge is 2.53. The fourth-order valence-corrected chi connectivity index (χ4v) is 19.5. The molecule has 12 aromatic rings. The summed E-state index contributed by atoms with van der Waals surface area (Å²) in [6.45, 7) is 33.3. The van der Waals surface area contributed by atoms with Crippen LogP contribution in [0.4, 0.5) is 0 Å². The largest absolute Gasteiger partial charge is 0.490 e. The van der Waals surface area contributed by atoms with E-state index >= 15 is 0 Å². The summed E-state index contributed by atoms with van der Waals surface area (Å²) in [6, 6.07) is 28.4. The van der Waals surface area contributed by atoms with Gasteiger partial charge in [0.25, 0.3) is 17.7 Å². The van der Waals surface area contributed by atoms with Crippen molar-refractivity contribution < 1.29 is 37.7 Å². The molecule has 0 spiro atoms. The monoisotopic (exact) mass is 1770 g/mol. The molecule has 1 aliphatic heterocycles. The van der Waals surface area contributed by atoms with Gasteiger partial charge in [-0.1, -0.05) is 89.6 Å². The number of carbonyl (C=O) groups is 3. The second-order valence-corrected chi connectivity index (χ2v) is 48.5. The zero-order valence-electron chi connectivity index (χ0n) is 73.1. The zero-order chi connectivity index (χ0) is 87.3. The lowest BCUT2D eigenvalue weighted by Gasteiger charge is -2.40. The van der Waals surface area contributed by atoms with Gasteiger partial charge in [-0.25, -0.2) is 44.9 Å². The van der Waals surface area contributed by atoms with Crippen molar-refractivity contribution in [3.05, 3.63) is 219 Å². The first-order valence-electron chi connectivity index (χ1n) is 42.7. The van der Waals surface area contributed by atoms with Crippen molar-refractivity contribution in [2.45, 2.75) is 231 Å². The van der Waals surface area contributed by atoms with Crippen molar-refractivity contribution >= 4 is 131 Å². The number of aliphatic hydroxyl groups is 1. The number of hydrogen-bond donors (Lipinski definition) is 7. The molecule has 3 aliphatic carbocycles. The van der Waals surface area contributed by atoms with E-state index in [2.05, 4.69) is 181 Å². The molecule has 123 heavy (non-hydrogen) atoms. The smallest absolute Gasteiger partial charge is 0.414 e. The van der Waals surface area contributed by atoms with E-state index in [1.54, 1.807) is 89.3 Å². The SMILES string of the molecule is CC(C)(C)[Si](C)(C)OC1CC=C(c2nc3ccc(C(=O)NCCCc4ncc[nH]4)cc3nc2-c2cccs2)CC1.CC1(C)OB(C2=CCC(O[Si](C)(C)C(C)(C)C)CC2)OC1(C)C.O=C(NCCCc1ncc[nH]1)c1ccc2nc(C3=CCC(O)CC3)c(-c3cccs3)nc2c1.O=C(NCCCc1ncc[nH]1)c1ccc2nc(Cl)c(-c3cccs3)nc2c1. The number of nitrogens with zero attached hydrogens (tertiary/aromatic N) is 9. The Morgan fingerprint density at radius 3 is 1.20 bits per heavy atom. The minimum atomic E-state index is -1.82. The molecule has 3 unspecified atom stereocenters. The number of halogens is 1. The highest BCUT2D eigenvalue weighted by atomic mass is 35.5. The number of H-pyrrole nitrogens is 3. The Morgan fingerprint density at radius 2 is 0.862 bits per heavy atom. The highest BCUT2D eigenvalue weighted by Crippen LogP contribution is 2.45. The number of thiophene rings is 3. The number of rotatable bonds is 25. The molecule has 23 nitrogen and oxygen atoms in total. The van der Waals surface area contributed by atoms with E-state index in [1.165, 1.54) is 11.0 Å². The number of aryl methyl sites for hydroxylation is 3. The van der Waals surface area contributed by atoms with Gasteiger partial charge in [-0.2, -0.15) is 0 Å². The van der Waals surface area contributed by atoms with E-state index in [0.717, 1.165) is 167 Å². The van der Waals surface area contributed by atoms with Crippen molar-refractivity contribution in [3.63, 3.8) is 0 Å². The maximum Gasteiger partial charge on any atom is 0.490 e. The predicted molar refractivity (Wildman–Crippen MR) is 503 cm³/mol. The standard InChI is InChI=1S/C31H39N5O2SSi.C25H25N5O2S.C19H16ClN5OS.C18H35BO3Si/c1-31(2,3)40(4,5)38-23-13-10-21(11-14-23)28-29(26-8-7-19-39-26)36-25-20-22(12-15-24(25)35-28)30(37)34-16-6-9-27-32-17-18-33-27;31-18-8-5-16(6-9-18)23-24(21-3-2-14-33-21)30-20-15-17(7-10-19(20)29-23)25(32)28-11-1-4-22-26-12-13-27-22;20-18-17(15-3-2-10-27-15)24-14-11-12(5-6-13(14)25-18)19(26)23-7-1-4-16-21-8-9-22-16;1-16(2,3)23(8,9)20-15-12-10-14(11-13-15)19-21-17(4,5)18(6,7)22-19/h7-8,10,12,15,17-20,23H,6,9,11,13-14,16H2,1-5H3,(H,32,33)(H,34,37);2-3,5,7,10,12-15,18,31H,1,4,6,8-9,11H2,(H,26,27)(H,28,32);2-3,5-6,8-11H,1,4,7H2,(H,21,22)(H,23,26);10,15H,11-13H2,1-9H3. The van der Waals surface area contributed by atoms with Crippen molar-refractivity contribution in [1.82, 2.24) is 75.8 Å². The number of aromatic amines is 3. The first kappa shape index (κ1) is 91.3. The molecule has 646 valence electrons. The van der Waals surface area contributed by atoms with Crippen molar-refractivity contribution in [3.8, 4) is 31.7 Å². The molecule has 4 aliphatic rings. The minimum absolute atomic E-state index is 0.104. The third kappa shape index (κ3) is 23.6. The maximum atomic E-state index is 12.9. The molecule has 0 bridgehead atoms. The molecule has 10 heterocycles. The average molecular weight is 1770 g/mol. The molecule has 3 atom stereocenters. The van der Waals surface area contributed by atoms with Crippen molar-refractivity contribution in [2.75, 3.05) is 19.6 Å². The summed E-state index contributed by atoms with van der Waals surface area (Å²) < 4.78 is 25.6. The van der Waals surface area contributed by atoms with Crippen molar-refractivity contribution in [2.24, 2.45) is 0 Å². The highest BCUT2D eigenvalue weighted by molar-refractivity contribution is 7.14. The molecule has 1 saturated heterocycles. The van der Waals surface area contributed by atoms with Crippen LogP contribution in [-0.4, -0.2) is 156 Å². The van der Waals surface area contributed by atoms with Crippen LogP contribution < -0.4 is 16.0 Å². The van der Waals surface area contributed by atoms with E-state index in [1.807, 2.05) is 77.6 Å². The lowest BCUT2D eigenvalue weighted by atomic mass is 9.72. The summed E-state index contributed by atoms with van der Waals surface area (Å²) in [7, 11) is -3.69. The Labute approximate surface area is 740 Å². The Morgan fingerprint density at radius 1 is 0.496 bits per heavy atom. The van der Waals surface area contributed by atoms with Gasteiger partial charge >= 0.3 is 7.12 Å². The predicted octanol–water partition coefficient (Wildman–Crippen LogP) is 21.0. The van der Waals surface area contributed by atoms with Gasteiger partial charge < -0.3 is 54.2 Å². The fraction of sp³-hybridized carbons (Fsp3) is 0.419. The molecular formula is C93H115BClN15O8S3Si2. The number of carbonyl (C=O) groups excluding carboxylic acids is 3. The van der Waals surface area contributed by atoms with Gasteiger partial charge in [-0.3, -0.25) is 14.4 Å². The van der Waals surface area contributed by atoms with E-state index in [9.17, 15) is 19.5 Å². The summed E-state index contributed by atoms with van der Waals surface area (Å²) in [4.78, 5) is 91.9. The molecule has 30 heteroatoms. The molecule has 7 N–H and O–H groups in total. The summed E-state index contributed by atoms with van der Waals surface area (Å²) in [5, 5.41) is 25.7. The number of imidazole rings is 3. The third-order valence-corrected chi connectivity index (χ3v) is 36.1. The van der Waals surface area contributed by atoms with Gasteiger partial charge in [0.1, 0.15) is 34.6 Å². The van der Waals surface area contributed by atoms with Crippen LogP contribution in [-0.2, 0) is 37.4 Å². The number of benzene rings is 3. The zero-order valence-corrected chi connectivity index (χ0v) is 78.3. The lowest BCUT2D eigenvalue weighted by molar-refractivity contribution is 0.00578. The summed E-state index contributed by atoms with van der Waals surface area (Å²) in [5.41, 5.74) is 13.3. The van der Waals surface area contributed by atoms with Gasteiger partial charge in [-0.05, 0) is 247 Å². The fourth-order valence-electron chi connectivity index (χ4n) is 14.2. The number of aromatic nitrogens is 12. The van der Waals surface area contributed by atoms with Crippen molar-refractivity contribution in [1.29, 1.82) is 0 Å². The van der Waals surface area contributed by atoms with E-state index in [-0.39, 0.29) is 58.3 Å². The van der Waals surface area contributed by atoms with Gasteiger partial charge in [0.2, 0.25) is 0 Å². The minimum Gasteiger partial charge on any atom is -0.414 e. The Kier molecular flexibility index (Phi) is 29.9. The van der Waals surface area contributed by atoms with Crippen LogP contribution in [0.5, 0.6) is 0 Å². The molecule has 1 fully saturated rings. The molecule has 16 rings (SSSR count). The summed E-state index contributed by atoms with van der Waals surface area (Å²) in [5.74, 6) is 2.41. The van der Waals surface area contributed by atoms with Gasteiger partial charge in [0.05, 0.1) is 76.4 Å². The van der Waals surface area contributed by atoms with Crippen LogP contribution in [0.3, 0.4) is 0 Å². The third-order valence-electron chi connectivity index (χ3n) is 24.1. The Bertz CT molecular complexity index is 5640. The summed E-state index contributed by atoms with van der Waals surface area (Å²) in [6.07, 6.45) is 30.4. The van der Waals surface area contributed by atoms with Gasteiger partial charge in [0, 0.05) is 105 Å². The number of allylic oxidation sites excluding steroid dienone is 3. The lowest BCUT2D eigenvalue weighted by Crippen LogP contribution is -2.44. The van der Waals surface area contributed by atoms with Crippen LogP contribution in [0.1, 0.15) is 206 Å². The molecular weight excluding hydrogens is 1650 g/mol. The normalized spacial score (nSPS) is 17.2. The van der Waals surface area contributed by atoms with E-state index in [0.29, 0.717) is 76.2 Å². The average Bonchev–Trinajstić information content (AvgIpc) is 1.77. The molecule has 3 amide bonds. The van der Waals surface area contributed by atoms with E-state index < -0.39 is 16.6 Å². The number of fused-ring (bicyclic) bond motifs is 3. The van der Waals surface area contributed by atoms with Gasteiger partial charge in [-0.15, -0.1) is 34.0 Å². The molecule has 9 aromatic heterocycles. The van der Waals surface area contributed by atoms with Gasteiger partial charge in [0.15, 0.2) is 21.8 Å². The quantitative estimate of drug-likeness (QED) is 0.0207. The number of aliphatic hydroxyl groups excluding tert-OH is 1. The Hall–Kier alpha value is -9.37. The first-order chi connectivity index (χ1) is 58.7. The van der Waals surface area contributed by atoms with Crippen LogP contribution in [0.15, 0.2) is 168 Å². The second kappa shape index (κ2) is 40.3. The van der Waals surface area contributed by atoms with Crippen LogP contribution in [0.2, 0.25) is 41.4 Å². The van der Waals surface area contributed by atoms with Crippen LogP contribution in [0.25, 0.3) is 76.0 Å². The first-order valence-corrected chi connectivity index (χ1v) is 51.6. The second-order valence-electron chi connectivity index (χ2n) is 35.7. The molecule has 0 radical (unpaired) electrons. The molecule has 3 aromatic carbocycles. The number of amides is 3. The van der Waals surface area contributed by atoms with Crippen LogP contribution in [0, 0.1) is 0 Å². The Balaban J connectivity index is 0.000000144. The topological polar surface area (TPSA) is 308 Å². The van der Waals surface area contributed by atoms with Crippen LogP contribution >= 0.6 is 45.6 Å².